The summed E-state index contributed by atoms with van der Waals surface area (Å²) in [4.78, 5) is 17.7. The lowest BCUT2D eigenvalue weighted by Gasteiger charge is -2.21. The van der Waals surface area contributed by atoms with Crippen LogP contribution in [0.4, 0.5) is 0 Å². The average molecular weight is 369 g/mol. The molecule has 2 aliphatic heterocycles. The number of carbonyl (C=O) groups excluding carboxylic acids is 1. The first kappa shape index (κ1) is 16.0. The van der Waals surface area contributed by atoms with E-state index in [0.29, 0.717) is 41.8 Å². The molecular formula is C15H19N3O4S2. The first-order valence-electron chi connectivity index (χ1n) is 8.05. The van der Waals surface area contributed by atoms with E-state index in [9.17, 15) is 13.2 Å². The van der Waals surface area contributed by atoms with E-state index in [1.165, 1.54) is 28.5 Å². The van der Waals surface area contributed by atoms with E-state index in [-0.39, 0.29) is 12.5 Å². The predicted octanol–water partition coefficient (Wildman–Crippen LogP) is 1.18. The first-order valence-corrected chi connectivity index (χ1v) is 10.4. The zero-order valence-electron chi connectivity index (χ0n) is 13.1. The SMILES string of the molecule is O=C(NCC1CC1)C1=NO[C@@]2(CCN(S(=O)(=O)c3cccs3)C2)C1. The van der Waals surface area contributed by atoms with E-state index in [4.69, 9.17) is 4.84 Å². The van der Waals surface area contributed by atoms with E-state index in [0.717, 1.165) is 0 Å². The van der Waals surface area contributed by atoms with Crippen LogP contribution in [0.25, 0.3) is 0 Å². The molecule has 7 nitrogen and oxygen atoms in total. The maximum atomic E-state index is 12.6. The number of amides is 1. The molecule has 1 atom stereocenters. The molecule has 9 heteroatoms. The Kier molecular flexibility index (Phi) is 3.89. The van der Waals surface area contributed by atoms with E-state index >= 15 is 0 Å². The summed E-state index contributed by atoms with van der Waals surface area (Å²) in [5, 5.41) is 8.56. The standard InChI is InChI=1S/C15H19N3O4S2/c19-14(16-9-11-3-4-11)12-8-15(22-17-12)5-6-18(10-15)24(20,21)13-2-1-7-23-13/h1-2,7,11H,3-6,8-10H2,(H,16,19)/t15-/m0/s1. The van der Waals surface area contributed by atoms with Crippen LogP contribution >= 0.6 is 11.3 Å². The van der Waals surface area contributed by atoms with E-state index in [1.807, 2.05) is 0 Å². The highest BCUT2D eigenvalue weighted by molar-refractivity contribution is 7.91. The fourth-order valence-electron chi connectivity index (χ4n) is 3.07. The van der Waals surface area contributed by atoms with Gasteiger partial charge in [0.25, 0.3) is 15.9 Å². The maximum absolute atomic E-state index is 12.6. The number of hydrogen-bond acceptors (Lipinski definition) is 6. The van der Waals surface area contributed by atoms with Crippen LogP contribution in [0.5, 0.6) is 0 Å². The molecule has 0 aromatic carbocycles. The second-order valence-corrected chi connectivity index (χ2v) is 9.78. The topological polar surface area (TPSA) is 88.1 Å². The summed E-state index contributed by atoms with van der Waals surface area (Å²) in [6, 6.07) is 3.33. The van der Waals surface area contributed by atoms with Gasteiger partial charge in [-0.2, -0.15) is 4.31 Å². The molecule has 24 heavy (non-hydrogen) atoms. The van der Waals surface area contributed by atoms with Crippen LogP contribution in [0.2, 0.25) is 0 Å². The molecule has 1 saturated heterocycles. The van der Waals surface area contributed by atoms with Crippen LogP contribution in [0.3, 0.4) is 0 Å². The molecule has 0 bridgehead atoms. The monoisotopic (exact) mass is 369 g/mol. The van der Waals surface area contributed by atoms with Crippen LogP contribution < -0.4 is 5.32 Å². The number of rotatable bonds is 5. The Labute approximate surface area is 144 Å². The van der Waals surface area contributed by atoms with Gasteiger partial charge < -0.3 is 10.2 Å². The molecule has 2 fully saturated rings. The molecule has 3 heterocycles. The summed E-state index contributed by atoms with van der Waals surface area (Å²) in [5.74, 6) is 0.405. The molecule has 0 unspecified atom stereocenters. The molecular weight excluding hydrogens is 350 g/mol. The smallest absolute Gasteiger partial charge is 0.269 e. The summed E-state index contributed by atoms with van der Waals surface area (Å²) < 4.78 is 27.0. The fraction of sp³-hybridized carbons (Fsp3) is 0.600. The minimum Gasteiger partial charge on any atom is -0.387 e. The third kappa shape index (κ3) is 2.96. The Balaban J connectivity index is 1.39. The average Bonchev–Trinajstić information content (AvgIpc) is 3.01. The Bertz CT molecular complexity index is 771. The van der Waals surface area contributed by atoms with Crippen LogP contribution in [-0.2, 0) is 19.7 Å². The Hall–Kier alpha value is -1.45. The number of nitrogens with zero attached hydrogens (tertiary/aromatic N) is 2. The van der Waals surface area contributed by atoms with Gasteiger partial charge in [-0.25, -0.2) is 8.42 Å². The highest BCUT2D eigenvalue weighted by Gasteiger charge is 2.50. The molecule has 1 spiro atoms. The van der Waals surface area contributed by atoms with Crippen molar-refractivity contribution in [3.63, 3.8) is 0 Å². The molecule has 3 aliphatic rings. The van der Waals surface area contributed by atoms with Crippen LogP contribution in [-0.4, -0.2) is 49.6 Å². The van der Waals surface area contributed by atoms with E-state index < -0.39 is 15.6 Å². The minimum atomic E-state index is -3.49. The summed E-state index contributed by atoms with van der Waals surface area (Å²) in [5.41, 5.74) is -0.331. The van der Waals surface area contributed by atoms with Crippen molar-refractivity contribution in [2.24, 2.45) is 11.1 Å². The molecule has 130 valence electrons. The number of oxime groups is 1. The van der Waals surface area contributed by atoms with Crippen molar-refractivity contribution in [2.45, 2.75) is 35.5 Å². The van der Waals surface area contributed by atoms with Gasteiger partial charge in [-0.1, -0.05) is 11.2 Å². The number of nitrogens with one attached hydrogen (secondary N) is 1. The van der Waals surface area contributed by atoms with Gasteiger partial charge in [0.05, 0.1) is 6.54 Å². The lowest BCUT2D eigenvalue weighted by molar-refractivity contribution is -0.115. The highest BCUT2D eigenvalue weighted by atomic mass is 32.2. The van der Waals surface area contributed by atoms with Crippen molar-refractivity contribution in [3.8, 4) is 0 Å². The molecule has 1 aliphatic carbocycles. The summed E-state index contributed by atoms with van der Waals surface area (Å²) in [6.07, 6.45) is 3.24. The predicted molar refractivity (Wildman–Crippen MR) is 89.3 cm³/mol. The number of hydrogen-bond donors (Lipinski definition) is 1. The lowest BCUT2D eigenvalue weighted by Crippen LogP contribution is -2.38. The van der Waals surface area contributed by atoms with Crippen LogP contribution in [0, 0.1) is 5.92 Å². The van der Waals surface area contributed by atoms with Gasteiger partial charge in [0, 0.05) is 25.9 Å². The van der Waals surface area contributed by atoms with E-state index in [1.54, 1.807) is 17.5 Å². The molecule has 1 aromatic rings. The first-order chi connectivity index (χ1) is 11.5. The Morgan fingerprint density at radius 2 is 2.33 bits per heavy atom. The van der Waals surface area contributed by atoms with Crippen molar-refractivity contribution >= 4 is 33.0 Å². The molecule has 1 aromatic heterocycles. The number of thiophene rings is 1. The summed E-state index contributed by atoms with van der Waals surface area (Å²) >= 11 is 1.21. The van der Waals surface area contributed by atoms with Gasteiger partial charge in [0.1, 0.15) is 9.92 Å². The molecule has 1 saturated carbocycles. The largest absolute Gasteiger partial charge is 0.387 e. The minimum absolute atomic E-state index is 0.196. The quantitative estimate of drug-likeness (QED) is 0.844. The summed E-state index contributed by atoms with van der Waals surface area (Å²) in [7, 11) is -3.49. The third-order valence-corrected chi connectivity index (χ3v) is 7.94. The summed E-state index contributed by atoms with van der Waals surface area (Å²) in [6.45, 7) is 1.30. The van der Waals surface area contributed by atoms with E-state index in [2.05, 4.69) is 10.5 Å². The molecule has 0 radical (unpaired) electrons. The Morgan fingerprint density at radius 1 is 1.50 bits per heavy atom. The zero-order valence-corrected chi connectivity index (χ0v) is 14.7. The second-order valence-electron chi connectivity index (χ2n) is 6.66. The molecule has 1 amide bonds. The van der Waals surface area contributed by atoms with Crippen molar-refractivity contribution in [1.82, 2.24) is 9.62 Å². The maximum Gasteiger partial charge on any atom is 0.269 e. The van der Waals surface area contributed by atoms with Crippen molar-refractivity contribution in [3.05, 3.63) is 17.5 Å². The normalized spacial score (nSPS) is 27.2. The highest BCUT2D eigenvalue weighted by Crippen LogP contribution is 2.37. The van der Waals surface area contributed by atoms with Gasteiger partial charge in [-0.05, 0) is 30.2 Å². The van der Waals surface area contributed by atoms with Gasteiger partial charge in [0.2, 0.25) is 0 Å². The van der Waals surface area contributed by atoms with Crippen LogP contribution in [0.1, 0.15) is 25.7 Å². The van der Waals surface area contributed by atoms with Gasteiger partial charge in [-0.3, -0.25) is 4.79 Å². The second kappa shape index (κ2) is 5.82. The van der Waals surface area contributed by atoms with Crippen molar-refractivity contribution < 1.29 is 18.0 Å². The van der Waals surface area contributed by atoms with Gasteiger partial charge in [0.15, 0.2) is 5.60 Å². The van der Waals surface area contributed by atoms with Gasteiger partial charge in [-0.15, -0.1) is 11.3 Å². The number of carbonyl (C=O) groups is 1. The molecule has 4 rings (SSSR count). The number of sulfonamides is 1. The van der Waals surface area contributed by atoms with Crippen molar-refractivity contribution in [2.75, 3.05) is 19.6 Å². The lowest BCUT2D eigenvalue weighted by atomic mass is 9.96. The zero-order chi connectivity index (χ0) is 16.8. The van der Waals surface area contributed by atoms with Gasteiger partial charge >= 0.3 is 0 Å². The fourth-order valence-corrected chi connectivity index (χ4v) is 5.73. The third-order valence-electron chi connectivity index (χ3n) is 4.72. The van der Waals surface area contributed by atoms with Crippen molar-refractivity contribution in [1.29, 1.82) is 0 Å². The Morgan fingerprint density at radius 3 is 3.04 bits per heavy atom. The molecule has 1 N–H and O–H groups in total. The van der Waals surface area contributed by atoms with Crippen LogP contribution in [0.15, 0.2) is 26.9 Å².